The Hall–Kier alpha value is -6.82. The molecule has 6 rings (SSSR count). The lowest BCUT2D eigenvalue weighted by Crippen LogP contribution is -2.27. The van der Waals surface area contributed by atoms with Gasteiger partial charge in [-0.1, -0.05) is 30.3 Å². The van der Waals surface area contributed by atoms with Crippen molar-refractivity contribution in [3.8, 4) is 23.0 Å². The molecule has 0 atom stereocenters. The Bertz CT molecular complexity index is 2290. The van der Waals surface area contributed by atoms with Crippen LogP contribution in [0.15, 0.2) is 103 Å². The monoisotopic (exact) mass is 758 g/mol. The van der Waals surface area contributed by atoms with Crippen molar-refractivity contribution in [1.29, 1.82) is 0 Å². The Morgan fingerprint density at radius 3 is 1.66 bits per heavy atom. The van der Waals surface area contributed by atoms with Gasteiger partial charge < -0.3 is 40.3 Å². The number of hydrogen-bond acceptors (Lipinski definition) is 8. The first-order valence-electron chi connectivity index (χ1n) is 18.2. The average molecular weight is 759 g/mol. The van der Waals surface area contributed by atoms with Crippen LogP contribution in [0.5, 0.6) is 23.0 Å². The lowest BCUT2D eigenvalue weighted by molar-refractivity contribution is -0.129. The number of carbonyl (C=O) groups excluding carboxylic acids is 4. The van der Waals surface area contributed by atoms with Gasteiger partial charge in [-0.15, -0.1) is 0 Å². The third kappa shape index (κ3) is 12.1. The van der Waals surface area contributed by atoms with E-state index in [0.717, 1.165) is 55.6 Å². The second kappa shape index (κ2) is 20.0. The summed E-state index contributed by atoms with van der Waals surface area (Å²) in [4.78, 5) is 54.3. The van der Waals surface area contributed by atoms with Crippen molar-refractivity contribution in [3.05, 3.63) is 126 Å². The lowest BCUT2D eigenvalue weighted by atomic mass is 10.1. The molecule has 0 aliphatic heterocycles. The van der Waals surface area contributed by atoms with Gasteiger partial charge >= 0.3 is 0 Å². The highest BCUT2D eigenvalue weighted by atomic mass is 16.5. The van der Waals surface area contributed by atoms with E-state index in [9.17, 15) is 29.4 Å². The average Bonchev–Trinajstić information content (AvgIpc) is 3.80. The summed E-state index contributed by atoms with van der Waals surface area (Å²) in [5.74, 6) is 0.996. The number of allylic oxidation sites excluding steroid dienone is 1. The van der Waals surface area contributed by atoms with E-state index in [1.54, 1.807) is 56.7 Å². The number of aryl methyl sites for hydroxylation is 1. The van der Waals surface area contributed by atoms with Crippen LogP contribution in [0.25, 0.3) is 27.9 Å². The molecule has 0 aliphatic carbocycles. The van der Waals surface area contributed by atoms with Crippen molar-refractivity contribution < 1.29 is 38.9 Å². The van der Waals surface area contributed by atoms with E-state index in [0.29, 0.717) is 38.8 Å². The van der Waals surface area contributed by atoms with E-state index >= 15 is 0 Å². The molecule has 2 amide bonds. The maximum Gasteiger partial charge on any atom is 0.227 e. The number of hydrogen-bond donors (Lipinski definition) is 6. The Morgan fingerprint density at radius 2 is 1.14 bits per heavy atom. The summed E-state index contributed by atoms with van der Waals surface area (Å²) >= 11 is 0. The van der Waals surface area contributed by atoms with Crippen LogP contribution in [0.3, 0.4) is 0 Å². The van der Waals surface area contributed by atoms with Crippen molar-refractivity contribution in [2.45, 2.75) is 38.5 Å². The van der Waals surface area contributed by atoms with Gasteiger partial charge in [0.15, 0.2) is 5.78 Å². The van der Waals surface area contributed by atoms with Gasteiger partial charge in [0.25, 0.3) is 0 Å². The van der Waals surface area contributed by atoms with E-state index in [-0.39, 0.29) is 47.7 Å². The van der Waals surface area contributed by atoms with E-state index < -0.39 is 0 Å². The number of methoxy groups -OCH3 is 2. The maximum absolute atomic E-state index is 12.0. The number of H-pyrrole nitrogens is 2. The maximum atomic E-state index is 12.0. The van der Waals surface area contributed by atoms with Crippen LogP contribution in [0.2, 0.25) is 0 Å². The number of fused-ring (bicyclic) bond motifs is 2. The molecule has 0 saturated carbocycles. The molecule has 2 aromatic heterocycles. The Labute approximate surface area is 324 Å². The third-order valence-electron chi connectivity index (χ3n) is 9.06. The van der Waals surface area contributed by atoms with Crippen molar-refractivity contribution in [2.24, 2.45) is 0 Å². The summed E-state index contributed by atoms with van der Waals surface area (Å²) in [6.45, 7) is 0.909. The Morgan fingerprint density at radius 1 is 0.643 bits per heavy atom. The van der Waals surface area contributed by atoms with Gasteiger partial charge in [0, 0.05) is 53.7 Å². The fourth-order valence-corrected chi connectivity index (χ4v) is 5.99. The van der Waals surface area contributed by atoms with Gasteiger partial charge in [0.05, 0.1) is 27.1 Å². The molecule has 56 heavy (non-hydrogen) atoms. The molecule has 6 N–H and O–H groups in total. The number of aromatic nitrogens is 2. The number of phenols is 2. The molecule has 12 heteroatoms. The number of nitrogens with one attached hydrogen (secondary N) is 4. The SMILES string of the molecule is COc1ccc2[nH]cc(CCNC(=O)CC(=O)/C=C/c3ccc(O)cc3)c2c1.COc1ccc2[nH]cc(CCNC(=O)CC(=O)CCc3ccc(O)cc3)c2c1. The van der Waals surface area contributed by atoms with Gasteiger partial charge in [-0.2, -0.15) is 0 Å². The van der Waals surface area contributed by atoms with Crippen LogP contribution in [0.1, 0.15) is 41.5 Å². The summed E-state index contributed by atoms with van der Waals surface area (Å²) in [5.41, 5.74) is 5.94. The zero-order valence-corrected chi connectivity index (χ0v) is 31.4. The van der Waals surface area contributed by atoms with Crippen LogP contribution in [-0.2, 0) is 38.4 Å². The predicted molar refractivity (Wildman–Crippen MR) is 216 cm³/mol. The molecule has 0 unspecified atom stereocenters. The minimum absolute atomic E-state index is 0.0950. The molecule has 4 aromatic carbocycles. The van der Waals surface area contributed by atoms with Crippen LogP contribution in [-0.4, -0.2) is 70.9 Å². The number of ether oxygens (including phenoxy) is 2. The van der Waals surface area contributed by atoms with Crippen molar-refractivity contribution in [1.82, 2.24) is 20.6 Å². The van der Waals surface area contributed by atoms with Crippen LogP contribution in [0.4, 0.5) is 0 Å². The standard InChI is InChI=1S/C22H24N2O4.C22H22N2O4/c2*1-28-19-8-9-21-20(13-19)16(14-24-21)10-11-23-22(27)12-18(26)7-4-15-2-5-17(25)6-3-15/h2-3,5-6,8-9,13-14,24-25H,4,7,10-12H2,1H3,(H,23,27);2-9,13-14,24-25H,10-12H2,1H3,(H,23,27)/b;7-4+. The van der Waals surface area contributed by atoms with E-state index in [2.05, 4.69) is 20.6 Å². The molecule has 0 bridgehead atoms. The highest BCUT2D eigenvalue weighted by Gasteiger charge is 2.12. The first-order valence-corrected chi connectivity index (χ1v) is 18.2. The second-order valence-electron chi connectivity index (χ2n) is 13.1. The van der Waals surface area contributed by atoms with E-state index in [1.807, 2.05) is 48.8 Å². The fourth-order valence-electron chi connectivity index (χ4n) is 5.99. The molecule has 0 radical (unpaired) electrons. The minimum atomic E-state index is -0.308. The Balaban J connectivity index is 0.000000214. The molecule has 6 aromatic rings. The molecular formula is C44H46N4O8. The van der Waals surface area contributed by atoms with Gasteiger partial charge in [-0.25, -0.2) is 0 Å². The van der Waals surface area contributed by atoms with Crippen LogP contribution in [0, 0.1) is 0 Å². The molecule has 2 heterocycles. The fraction of sp³-hybridized carbons (Fsp3) is 0.227. The van der Waals surface area contributed by atoms with E-state index in [4.69, 9.17) is 9.47 Å². The number of phenolic OH excluding ortho intramolecular Hbond substituents is 2. The zero-order valence-electron chi connectivity index (χ0n) is 31.4. The van der Waals surface area contributed by atoms with E-state index in [1.165, 1.54) is 18.2 Å². The number of amides is 2. The zero-order chi connectivity index (χ0) is 39.9. The number of aromatic amines is 2. The molecule has 12 nitrogen and oxygen atoms in total. The van der Waals surface area contributed by atoms with Gasteiger partial charge in [0.1, 0.15) is 28.8 Å². The molecular weight excluding hydrogens is 713 g/mol. The highest BCUT2D eigenvalue weighted by Crippen LogP contribution is 2.25. The summed E-state index contributed by atoms with van der Waals surface area (Å²) < 4.78 is 10.5. The normalized spacial score (nSPS) is 10.9. The predicted octanol–water partition coefficient (Wildman–Crippen LogP) is 6.35. The smallest absolute Gasteiger partial charge is 0.227 e. The molecule has 0 saturated heterocycles. The van der Waals surface area contributed by atoms with Gasteiger partial charge in [0.2, 0.25) is 11.8 Å². The van der Waals surface area contributed by atoms with Crippen LogP contribution < -0.4 is 20.1 Å². The second-order valence-corrected chi connectivity index (χ2v) is 13.1. The van der Waals surface area contributed by atoms with Gasteiger partial charge in [-0.3, -0.25) is 19.2 Å². The number of rotatable bonds is 17. The summed E-state index contributed by atoms with van der Waals surface area (Å²) in [6.07, 6.45) is 8.71. The van der Waals surface area contributed by atoms with Crippen molar-refractivity contribution in [2.75, 3.05) is 27.3 Å². The first kappa shape index (κ1) is 40.4. The largest absolute Gasteiger partial charge is 0.508 e. The van der Waals surface area contributed by atoms with Crippen molar-refractivity contribution >= 4 is 51.3 Å². The third-order valence-corrected chi connectivity index (χ3v) is 9.06. The Kier molecular flexibility index (Phi) is 14.4. The topological polar surface area (TPSA) is 183 Å². The highest BCUT2D eigenvalue weighted by molar-refractivity contribution is 6.05. The van der Waals surface area contributed by atoms with Crippen molar-refractivity contribution in [3.63, 3.8) is 0 Å². The molecule has 0 spiro atoms. The molecule has 290 valence electrons. The first-order chi connectivity index (χ1) is 27.1. The number of aromatic hydroxyl groups is 2. The summed E-state index contributed by atoms with van der Waals surface area (Å²) in [7, 11) is 3.26. The number of Topliss-reactive ketones (excluding diaryl/α,β-unsaturated/α-hetero) is 1. The quantitative estimate of drug-likeness (QED) is 0.0460. The summed E-state index contributed by atoms with van der Waals surface area (Å²) in [6, 6.07) is 24.8. The number of benzene rings is 4. The lowest BCUT2D eigenvalue weighted by Gasteiger charge is -2.06. The molecule has 0 fully saturated rings. The van der Waals surface area contributed by atoms with Crippen LogP contribution >= 0.6 is 0 Å². The summed E-state index contributed by atoms with van der Waals surface area (Å²) in [5, 5.41) is 26.2. The number of carbonyl (C=O) groups is 4. The van der Waals surface area contributed by atoms with Gasteiger partial charge in [-0.05, 0) is 108 Å². The molecule has 0 aliphatic rings. The number of ketones is 2. The minimum Gasteiger partial charge on any atom is -0.508 e.